The van der Waals surface area contributed by atoms with Crippen molar-refractivity contribution in [3.8, 4) is 5.75 Å². The van der Waals surface area contributed by atoms with E-state index in [4.69, 9.17) is 16.3 Å². The summed E-state index contributed by atoms with van der Waals surface area (Å²) in [4.78, 5) is 4.37. The molecule has 1 aliphatic rings. The lowest BCUT2D eigenvalue weighted by Crippen LogP contribution is -2.19. The van der Waals surface area contributed by atoms with Crippen LogP contribution in [0.4, 0.5) is 0 Å². The lowest BCUT2D eigenvalue weighted by molar-refractivity contribution is 0.219. The van der Waals surface area contributed by atoms with Crippen molar-refractivity contribution in [2.24, 2.45) is 0 Å². The van der Waals surface area contributed by atoms with E-state index in [1.54, 1.807) is 11.3 Å². The van der Waals surface area contributed by atoms with Gasteiger partial charge < -0.3 is 4.74 Å². The van der Waals surface area contributed by atoms with Gasteiger partial charge in [0.1, 0.15) is 17.0 Å². The minimum absolute atomic E-state index is 0.233. The Labute approximate surface area is 96.8 Å². The zero-order valence-electron chi connectivity index (χ0n) is 8.50. The molecule has 15 heavy (non-hydrogen) atoms. The summed E-state index contributed by atoms with van der Waals surface area (Å²) in [6.45, 7) is 4.10. The van der Waals surface area contributed by atoms with Crippen molar-refractivity contribution in [1.29, 1.82) is 0 Å². The van der Waals surface area contributed by atoms with Gasteiger partial charge in [-0.05, 0) is 19.4 Å². The highest BCUT2D eigenvalue weighted by Crippen LogP contribution is 2.42. The minimum Gasteiger partial charge on any atom is -0.489 e. The Morgan fingerprint density at radius 3 is 3.20 bits per heavy atom. The third-order valence-electron chi connectivity index (χ3n) is 2.77. The number of hydrogen-bond acceptors (Lipinski definition) is 3. The number of hydrogen-bond donors (Lipinski definition) is 0. The Hall–Kier alpha value is -0.800. The summed E-state index contributed by atoms with van der Waals surface area (Å²) in [5, 5.41) is 3.80. The van der Waals surface area contributed by atoms with Crippen LogP contribution < -0.4 is 4.74 Å². The first-order valence-electron chi connectivity index (χ1n) is 4.89. The zero-order chi connectivity index (χ0) is 10.6. The van der Waals surface area contributed by atoms with Gasteiger partial charge in [-0.15, -0.1) is 11.3 Å². The second-order valence-corrected chi connectivity index (χ2v) is 5.14. The normalized spacial score (nSPS) is 19.3. The maximum atomic E-state index is 6.11. The summed E-state index contributed by atoms with van der Waals surface area (Å²) in [6.07, 6.45) is 1.16. The molecule has 0 bridgehead atoms. The molecule has 4 heteroatoms. The Bertz CT molecular complexity index is 549. The van der Waals surface area contributed by atoms with Gasteiger partial charge >= 0.3 is 0 Å². The highest BCUT2D eigenvalue weighted by molar-refractivity contribution is 7.18. The van der Waals surface area contributed by atoms with Crippen molar-refractivity contribution >= 4 is 33.0 Å². The first-order valence-corrected chi connectivity index (χ1v) is 6.15. The molecule has 1 atom stereocenters. The number of aromatic nitrogens is 1. The molecule has 1 unspecified atom stereocenters. The molecule has 2 aromatic heterocycles. The predicted octanol–water partition coefficient (Wildman–Crippen LogP) is 3.58. The van der Waals surface area contributed by atoms with Gasteiger partial charge in [-0.1, -0.05) is 11.6 Å². The predicted molar refractivity (Wildman–Crippen MR) is 63.2 cm³/mol. The molecule has 0 aliphatic carbocycles. The summed E-state index contributed by atoms with van der Waals surface area (Å²) < 4.78 is 6.83. The van der Waals surface area contributed by atoms with Crippen LogP contribution in [-0.2, 0) is 6.42 Å². The van der Waals surface area contributed by atoms with Crippen LogP contribution >= 0.6 is 22.9 Å². The minimum atomic E-state index is 0.233. The molecule has 0 amide bonds. The Balaban J connectivity index is 2.44. The van der Waals surface area contributed by atoms with Crippen LogP contribution in [0.1, 0.15) is 18.2 Å². The zero-order valence-corrected chi connectivity index (χ0v) is 10.1. The van der Waals surface area contributed by atoms with E-state index in [2.05, 4.69) is 11.9 Å². The van der Waals surface area contributed by atoms with Gasteiger partial charge in [-0.25, -0.2) is 4.98 Å². The largest absolute Gasteiger partial charge is 0.489 e. The quantitative estimate of drug-likeness (QED) is 0.656. The van der Waals surface area contributed by atoms with Gasteiger partial charge in [0.2, 0.25) is 0 Å². The van der Waals surface area contributed by atoms with Crippen molar-refractivity contribution < 1.29 is 4.74 Å². The number of halogens is 1. The molecule has 2 aromatic rings. The molecule has 78 valence electrons. The second-order valence-electron chi connectivity index (χ2n) is 3.90. The maximum Gasteiger partial charge on any atom is 0.147 e. The topological polar surface area (TPSA) is 22.1 Å². The maximum absolute atomic E-state index is 6.11. The van der Waals surface area contributed by atoms with Crippen LogP contribution in [0.2, 0.25) is 5.15 Å². The first kappa shape index (κ1) is 9.43. The van der Waals surface area contributed by atoms with Gasteiger partial charge in [0.05, 0.1) is 4.70 Å². The number of pyridine rings is 1. The van der Waals surface area contributed by atoms with Crippen LogP contribution in [0.5, 0.6) is 5.75 Å². The molecule has 1 aliphatic heterocycles. The SMILES string of the molecule is Cc1nc(Cl)c2scc3c2c1CC(C)O3. The molecule has 3 rings (SSSR count). The van der Waals surface area contributed by atoms with Crippen LogP contribution in [-0.4, -0.2) is 11.1 Å². The molecule has 0 aromatic carbocycles. The van der Waals surface area contributed by atoms with E-state index in [0.717, 1.165) is 22.6 Å². The average molecular weight is 240 g/mol. The molecule has 3 heterocycles. The fourth-order valence-corrected chi connectivity index (χ4v) is 3.35. The summed E-state index contributed by atoms with van der Waals surface area (Å²) in [7, 11) is 0. The van der Waals surface area contributed by atoms with E-state index in [1.807, 2.05) is 12.3 Å². The fourth-order valence-electron chi connectivity index (χ4n) is 2.11. The van der Waals surface area contributed by atoms with E-state index in [-0.39, 0.29) is 6.10 Å². The number of ether oxygens (including phenoxy) is 1. The van der Waals surface area contributed by atoms with Crippen LogP contribution in [0.3, 0.4) is 0 Å². The monoisotopic (exact) mass is 239 g/mol. The van der Waals surface area contributed by atoms with E-state index in [1.165, 1.54) is 10.9 Å². The summed E-state index contributed by atoms with van der Waals surface area (Å²) in [6, 6.07) is 0. The Kier molecular flexibility index (Phi) is 1.94. The number of aryl methyl sites for hydroxylation is 1. The number of thiophene rings is 1. The standard InChI is InChI=1S/C11H10ClNOS/c1-5-3-7-6(2)13-11(12)10-9(7)8(14-5)4-15-10/h4-5H,3H2,1-2H3. The highest BCUT2D eigenvalue weighted by Gasteiger charge is 2.23. The Morgan fingerprint density at radius 2 is 2.40 bits per heavy atom. The molecule has 0 radical (unpaired) electrons. The van der Waals surface area contributed by atoms with E-state index < -0.39 is 0 Å². The lowest BCUT2D eigenvalue weighted by Gasteiger charge is -2.22. The van der Waals surface area contributed by atoms with Crippen molar-refractivity contribution in [3.05, 3.63) is 21.8 Å². The van der Waals surface area contributed by atoms with Crippen LogP contribution in [0.25, 0.3) is 10.1 Å². The van der Waals surface area contributed by atoms with E-state index in [0.29, 0.717) is 5.15 Å². The van der Waals surface area contributed by atoms with Gasteiger partial charge in [-0.3, -0.25) is 0 Å². The van der Waals surface area contributed by atoms with Crippen molar-refractivity contribution in [2.45, 2.75) is 26.4 Å². The molecule has 0 saturated heterocycles. The van der Waals surface area contributed by atoms with Crippen molar-refractivity contribution in [3.63, 3.8) is 0 Å². The lowest BCUT2D eigenvalue weighted by atomic mass is 10.0. The highest BCUT2D eigenvalue weighted by atomic mass is 35.5. The van der Waals surface area contributed by atoms with Crippen LogP contribution in [0.15, 0.2) is 5.38 Å². The fraction of sp³-hybridized carbons (Fsp3) is 0.364. The molecular weight excluding hydrogens is 230 g/mol. The van der Waals surface area contributed by atoms with E-state index in [9.17, 15) is 0 Å². The van der Waals surface area contributed by atoms with Gasteiger partial charge in [0, 0.05) is 22.9 Å². The second kappa shape index (κ2) is 3.09. The van der Waals surface area contributed by atoms with Gasteiger partial charge in [0.15, 0.2) is 0 Å². The summed E-state index contributed by atoms with van der Waals surface area (Å²) in [5.74, 6) is 0.969. The smallest absolute Gasteiger partial charge is 0.147 e. The third-order valence-corrected chi connectivity index (χ3v) is 4.12. The summed E-state index contributed by atoms with van der Waals surface area (Å²) >= 11 is 7.72. The van der Waals surface area contributed by atoms with Gasteiger partial charge in [0.25, 0.3) is 0 Å². The third kappa shape index (κ3) is 1.26. The number of rotatable bonds is 0. The van der Waals surface area contributed by atoms with Crippen LogP contribution in [0, 0.1) is 6.92 Å². The van der Waals surface area contributed by atoms with E-state index >= 15 is 0 Å². The first-order chi connectivity index (χ1) is 7.16. The molecule has 2 nitrogen and oxygen atoms in total. The Morgan fingerprint density at radius 1 is 1.60 bits per heavy atom. The molecule has 0 fully saturated rings. The summed E-state index contributed by atoms with van der Waals surface area (Å²) in [5.41, 5.74) is 2.33. The van der Waals surface area contributed by atoms with Crippen molar-refractivity contribution in [2.75, 3.05) is 0 Å². The molecule has 0 N–H and O–H groups in total. The van der Waals surface area contributed by atoms with Crippen molar-refractivity contribution in [1.82, 2.24) is 4.98 Å². The molecule has 0 saturated carbocycles. The number of nitrogens with zero attached hydrogens (tertiary/aromatic N) is 1. The molecule has 0 spiro atoms. The molecular formula is C11H10ClNOS. The van der Waals surface area contributed by atoms with Gasteiger partial charge in [-0.2, -0.15) is 0 Å². The average Bonchev–Trinajstić information content (AvgIpc) is 2.58.